The molecule has 1 amide bonds. The molecule has 2 fully saturated rings. The van der Waals surface area contributed by atoms with E-state index in [4.69, 9.17) is 10.5 Å². The number of morpholine rings is 1. The van der Waals surface area contributed by atoms with Crippen LogP contribution in [-0.2, 0) is 9.53 Å². The van der Waals surface area contributed by atoms with E-state index in [-0.39, 0.29) is 17.8 Å². The van der Waals surface area contributed by atoms with Gasteiger partial charge in [-0.15, -0.1) is 0 Å². The average Bonchev–Trinajstić information content (AvgIpc) is 2.63. The third-order valence-electron chi connectivity index (χ3n) is 5.32. The Balaban J connectivity index is 1.84. The van der Waals surface area contributed by atoms with E-state index in [1.54, 1.807) is 6.07 Å². The second kappa shape index (κ2) is 8.25. The van der Waals surface area contributed by atoms with Crippen LogP contribution in [0.15, 0.2) is 24.3 Å². The van der Waals surface area contributed by atoms with Crippen molar-refractivity contribution in [2.75, 3.05) is 39.4 Å². The number of carbonyl (C=O) groups is 1. The van der Waals surface area contributed by atoms with Crippen LogP contribution in [0.2, 0.25) is 0 Å². The number of hydrogen-bond acceptors (Lipinski definition) is 4. The van der Waals surface area contributed by atoms with Gasteiger partial charge in [0.2, 0.25) is 5.91 Å². The molecule has 1 aromatic carbocycles. The van der Waals surface area contributed by atoms with Gasteiger partial charge in [0.25, 0.3) is 0 Å². The van der Waals surface area contributed by atoms with E-state index in [9.17, 15) is 9.18 Å². The Bertz CT molecular complexity index is 590. The summed E-state index contributed by atoms with van der Waals surface area (Å²) in [7, 11) is 0. The Morgan fingerprint density at radius 1 is 1.32 bits per heavy atom. The monoisotopic (exact) mass is 349 g/mol. The molecule has 0 aromatic heterocycles. The highest BCUT2D eigenvalue weighted by molar-refractivity contribution is 5.83. The van der Waals surface area contributed by atoms with Crippen molar-refractivity contribution in [3.63, 3.8) is 0 Å². The first kappa shape index (κ1) is 18.3. The molecule has 0 radical (unpaired) electrons. The molecule has 0 unspecified atom stereocenters. The molecule has 2 N–H and O–H groups in total. The third kappa shape index (κ3) is 4.37. The lowest BCUT2D eigenvalue weighted by Crippen LogP contribution is -2.51. The quantitative estimate of drug-likeness (QED) is 0.900. The van der Waals surface area contributed by atoms with Crippen LogP contribution in [0.5, 0.6) is 0 Å². The van der Waals surface area contributed by atoms with Crippen molar-refractivity contribution in [2.45, 2.75) is 31.8 Å². The van der Waals surface area contributed by atoms with Crippen LogP contribution in [0.25, 0.3) is 0 Å². The minimum Gasteiger partial charge on any atom is -0.379 e. The topological polar surface area (TPSA) is 58.8 Å². The number of halogens is 1. The average molecular weight is 349 g/mol. The summed E-state index contributed by atoms with van der Waals surface area (Å²) in [6.45, 7) is 5.99. The van der Waals surface area contributed by atoms with Gasteiger partial charge in [0.05, 0.1) is 13.2 Å². The van der Waals surface area contributed by atoms with Gasteiger partial charge < -0.3 is 15.4 Å². The molecule has 2 aliphatic heterocycles. The number of piperidine rings is 1. The first-order valence-corrected chi connectivity index (χ1v) is 9.18. The predicted molar refractivity (Wildman–Crippen MR) is 94.5 cm³/mol. The molecule has 0 aliphatic carbocycles. The second-order valence-corrected chi connectivity index (χ2v) is 7.15. The SMILES string of the molecule is C[C@H](N)[C@H]1CCCN(C(=O)[C@H](c2cccc(F)c2)N2CCOCC2)C1. The lowest BCUT2D eigenvalue weighted by Gasteiger charge is -2.40. The highest BCUT2D eigenvalue weighted by Gasteiger charge is 2.35. The number of rotatable bonds is 4. The van der Waals surface area contributed by atoms with Gasteiger partial charge in [-0.1, -0.05) is 12.1 Å². The first-order valence-electron chi connectivity index (χ1n) is 9.18. The molecule has 2 heterocycles. The van der Waals surface area contributed by atoms with Gasteiger partial charge in [0.1, 0.15) is 11.9 Å². The van der Waals surface area contributed by atoms with Crippen molar-refractivity contribution in [1.82, 2.24) is 9.80 Å². The fourth-order valence-electron chi connectivity index (χ4n) is 3.83. The van der Waals surface area contributed by atoms with Gasteiger partial charge in [0, 0.05) is 32.2 Å². The minimum atomic E-state index is -0.452. The van der Waals surface area contributed by atoms with Crippen LogP contribution in [0.1, 0.15) is 31.4 Å². The lowest BCUT2D eigenvalue weighted by molar-refractivity contribution is -0.141. The van der Waals surface area contributed by atoms with Crippen molar-refractivity contribution in [3.05, 3.63) is 35.6 Å². The van der Waals surface area contributed by atoms with Gasteiger partial charge >= 0.3 is 0 Å². The standard InChI is InChI=1S/C19H28FN3O2/c1-14(21)16-5-3-7-23(13-16)19(24)18(22-8-10-25-11-9-22)15-4-2-6-17(20)12-15/h2,4,6,12,14,16,18H,3,5,7-11,13,21H2,1H3/t14-,16-,18-/m0/s1. The molecule has 0 saturated carbocycles. The van der Waals surface area contributed by atoms with E-state index in [2.05, 4.69) is 4.90 Å². The Morgan fingerprint density at radius 2 is 2.08 bits per heavy atom. The molecule has 0 bridgehead atoms. The van der Waals surface area contributed by atoms with Gasteiger partial charge in [-0.3, -0.25) is 9.69 Å². The van der Waals surface area contributed by atoms with E-state index < -0.39 is 6.04 Å². The molecule has 2 aliphatic rings. The summed E-state index contributed by atoms with van der Waals surface area (Å²) in [5.41, 5.74) is 6.78. The lowest BCUT2D eigenvalue weighted by atomic mass is 9.91. The summed E-state index contributed by atoms with van der Waals surface area (Å²) in [5, 5.41) is 0. The van der Waals surface area contributed by atoms with Crippen molar-refractivity contribution in [3.8, 4) is 0 Å². The summed E-state index contributed by atoms with van der Waals surface area (Å²) in [6.07, 6.45) is 2.03. The predicted octanol–water partition coefficient (Wildman–Crippen LogP) is 1.78. The maximum atomic E-state index is 13.8. The Morgan fingerprint density at radius 3 is 2.76 bits per heavy atom. The smallest absolute Gasteiger partial charge is 0.244 e. The molecule has 3 rings (SSSR count). The fraction of sp³-hybridized carbons (Fsp3) is 0.632. The molecule has 0 spiro atoms. The van der Waals surface area contributed by atoms with Crippen molar-refractivity contribution in [1.29, 1.82) is 0 Å². The summed E-state index contributed by atoms with van der Waals surface area (Å²) in [5.74, 6) is 0.0732. The number of ether oxygens (including phenoxy) is 1. The summed E-state index contributed by atoms with van der Waals surface area (Å²) >= 11 is 0. The molecule has 1 aromatic rings. The summed E-state index contributed by atoms with van der Waals surface area (Å²) in [4.78, 5) is 17.4. The van der Waals surface area contributed by atoms with Gasteiger partial charge in [0.15, 0.2) is 0 Å². The van der Waals surface area contributed by atoms with E-state index in [0.717, 1.165) is 24.9 Å². The molecule has 6 heteroatoms. The normalized spacial score (nSPS) is 24.8. The van der Waals surface area contributed by atoms with Crippen LogP contribution < -0.4 is 5.73 Å². The van der Waals surface area contributed by atoms with Crippen LogP contribution in [-0.4, -0.2) is 61.1 Å². The molecule has 5 nitrogen and oxygen atoms in total. The number of hydrogen-bond donors (Lipinski definition) is 1. The van der Waals surface area contributed by atoms with E-state index in [0.29, 0.717) is 38.8 Å². The number of carbonyl (C=O) groups excluding carboxylic acids is 1. The minimum absolute atomic E-state index is 0.0536. The molecule has 138 valence electrons. The van der Waals surface area contributed by atoms with Crippen molar-refractivity contribution in [2.24, 2.45) is 11.7 Å². The molecular formula is C19H28FN3O2. The number of amides is 1. The molecule has 25 heavy (non-hydrogen) atoms. The van der Waals surface area contributed by atoms with Crippen LogP contribution >= 0.6 is 0 Å². The number of benzene rings is 1. The fourth-order valence-corrected chi connectivity index (χ4v) is 3.83. The maximum absolute atomic E-state index is 13.8. The zero-order valence-electron chi connectivity index (χ0n) is 14.9. The van der Waals surface area contributed by atoms with Crippen molar-refractivity contribution < 1.29 is 13.9 Å². The van der Waals surface area contributed by atoms with Gasteiger partial charge in [-0.25, -0.2) is 4.39 Å². The van der Waals surface area contributed by atoms with E-state index in [1.807, 2.05) is 17.9 Å². The van der Waals surface area contributed by atoms with Crippen molar-refractivity contribution >= 4 is 5.91 Å². The highest BCUT2D eigenvalue weighted by Crippen LogP contribution is 2.28. The zero-order chi connectivity index (χ0) is 17.8. The highest BCUT2D eigenvalue weighted by atomic mass is 19.1. The second-order valence-electron chi connectivity index (χ2n) is 7.15. The van der Waals surface area contributed by atoms with Crippen LogP contribution in [0.3, 0.4) is 0 Å². The molecule has 3 atom stereocenters. The van der Waals surface area contributed by atoms with Crippen LogP contribution in [0, 0.1) is 11.7 Å². The first-order chi connectivity index (χ1) is 12.1. The third-order valence-corrected chi connectivity index (χ3v) is 5.32. The Labute approximate surface area is 148 Å². The Hall–Kier alpha value is -1.50. The summed E-state index contributed by atoms with van der Waals surface area (Å²) < 4.78 is 19.2. The molecular weight excluding hydrogens is 321 g/mol. The largest absolute Gasteiger partial charge is 0.379 e. The number of nitrogens with two attached hydrogens (primary N) is 1. The summed E-state index contributed by atoms with van der Waals surface area (Å²) in [6, 6.07) is 6.03. The Kier molecular flexibility index (Phi) is 6.04. The van der Waals surface area contributed by atoms with Crippen LogP contribution in [0.4, 0.5) is 4.39 Å². The van der Waals surface area contributed by atoms with E-state index >= 15 is 0 Å². The number of likely N-dealkylation sites (tertiary alicyclic amines) is 1. The van der Waals surface area contributed by atoms with Gasteiger partial charge in [-0.2, -0.15) is 0 Å². The zero-order valence-corrected chi connectivity index (χ0v) is 14.9. The van der Waals surface area contributed by atoms with E-state index in [1.165, 1.54) is 12.1 Å². The maximum Gasteiger partial charge on any atom is 0.244 e. The van der Waals surface area contributed by atoms with Gasteiger partial charge in [-0.05, 0) is 43.4 Å². The molecule has 2 saturated heterocycles. The number of nitrogens with zero attached hydrogens (tertiary/aromatic N) is 2.